The second-order valence-corrected chi connectivity index (χ2v) is 7.70. The normalized spacial score (nSPS) is 15.2. The maximum absolute atomic E-state index is 5.97. The zero-order valence-electron chi connectivity index (χ0n) is 18.7. The highest BCUT2D eigenvalue weighted by atomic mass is 127. The van der Waals surface area contributed by atoms with Crippen molar-refractivity contribution < 1.29 is 4.74 Å². The lowest BCUT2D eigenvalue weighted by Crippen LogP contribution is -2.48. The van der Waals surface area contributed by atoms with Gasteiger partial charge in [-0.3, -0.25) is 0 Å². The summed E-state index contributed by atoms with van der Waals surface area (Å²) in [5, 5.41) is 7.00. The molecule has 1 aromatic heterocycles. The number of benzene rings is 1. The number of pyridine rings is 1. The highest BCUT2D eigenvalue weighted by Crippen LogP contribution is 2.17. The Morgan fingerprint density at radius 3 is 2.61 bits per heavy atom. The number of nitrogens with zero attached hydrogens (tertiary/aromatic N) is 3. The average Bonchev–Trinajstić information content (AvgIpc) is 2.79. The summed E-state index contributed by atoms with van der Waals surface area (Å²) in [6, 6.07) is 14.6. The van der Waals surface area contributed by atoms with E-state index in [-0.39, 0.29) is 24.0 Å². The zero-order valence-corrected chi connectivity index (χ0v) is 21.0. The molecule has 2 N–H and O–H groups in total. The van der Waals surface area contributed by atoms with E-state index >= 15 is 0 Å². The first-order valence-electron chi connectivity index (χ1n) is 11.2. The molecule has 170 valence electrons. The predicted molar refractivity (Wildman–Crippen MR) is 138 cm³/mol. The van der Waals surface area contributed by atoms with E-state index in [1.807, 2.05) is 30.3 Å². The Morgan fingerprint density at radius 1 is 1.13 bits per heavy atom. The molecule has 1 aliphatic heterocycles. The molecular formula is C24H36IN5O. The van der Waals surface area contributed by atoms with E-state index in [0.29, 0.717) is 25.1 Å². The minimum atomic E-state index is 0. The van der Waals surface area contributed by atoms with E-state index in [1.165, 1.54) is 13.0 Å². The van der Waals surface area contributed by atoms with Gasteiger partial charge in [-0.15, -0.1) is 24.0 Å². The quantitative estimate of drug-likeness (QED) is 0.285. The van der Waals surface area contributed by atoms with Crippen molar-refractivity contribution in [2.45, 2.75) is 52.3 Å². The Morgan fingerprint density at radius 2 is 1.90 bits per heavy atom. The van der Waals surface area contributed by atoms with Gasteiger partial charge in [0, 0.05) is 37.4 Å². The summed E-state index contributed by atoms with van der Waals surface area (Å²) in [4.78, 5) is 11.8. The lowest BCUT2D eigenvalue weighted by Gasteiger charge is -2.32. The number of likely N-dealkylation sites (tertiary alicyclic amines) is 1. The van der Waals surface area contributed by atoms with E-state index in [0.717, 1.165) is 49.6 Å². The van der Waals surface area contributed by atoms with Crippen molar-refractivity contribution in [3.8, 4) is 5.88 Å². The minimum absolute atomic E-state index is 0. The molecule has 1 aliphatic rings. The van der Waals surface area contributed by atoms with Gasteiger partial charge in [-0.05, 0) is 44.4 Å². The fourth-order valence-electron chi connectivity index (χ4n) is 3.70. The van der Waals surface area contributed by atoms with Gasteiger partial charge in [0.1, 0.15) is 6.61 Å². The van der Waals surface area contributed by atoms with E-state index in [2.05, 4.69) is 46.5 Å². The Labute approximate surface area is 203 Å². The van der Waals surface area contributed by atoms with Gasteiger partial charge in [-0.25, -0.2) is 9.98 Å². The zero-order chi connectivity index (χ0) is 21.0. The Hall–Kier alpha value is -1.87. The van der Waals surface area contributed by atoms with Crippen LogP contribution in [0.25, 0.3) is 0 Å². The molecule has 1 fully saturated rings. The summed E-state index contributed by atoms with van der Waals surface area (Å²) >= 11 is 0. The van der Waals surface area contributed by atoms with E-state index < -0.39 is 0 Å². The van der Waals surface area contributed by atoms with Crippen molar-refractivity contribution in [3.63, 3.8) is 0 Å². The number of rotatable bonds is 9. The Bertz CT molecular complexity index is 779. The number of hydrogen-bond acceptors (Lipinski definition) is 4. The van der Waals surface area contributed by atoms with Crippen LogP contribution in [0.2, 0.25) is 0 Å². The van der Waals surface area contributed by atoms with Crippen molar-refractivity contribution in [3.05, 3.63) is 59.8 Å². The first-order valence-corrected chi connectivity index (χ1v) is 11.2. The van der Waals surface area contributed by atoms with E-state index in [9.17, 15) is 0 Å². The highest BCUT2D eigenvalue weighted by Gasteiger charge is 2.19. The summed E-state index contributed by atoms with van der Waals surface area (Å²) in [6.07, 6.45) is 5.30. The molecule has 31 heavy (non-hydrogen) atoms. The molecule has 1 aromatic carbocycles. The molecule has 7 heteroatoms. The molecule has 0 unspecified atom stereocenters. The van der Waals surface area contributed by atoms with Crippen LogP contribution in [0.15, 0.2) is 53.7 Å². The van der Waals surface area contributed by atoms with Crippen molar-refractivity contribution in [1.29, 1.82) is 0 Å². The van der Waals surface area contributed by atoms with Crippen LogP contribution in [0.4, 0.5) is 0 Å². The van der Waals surface area contributed by atoms with Crippen molar-refractivity contribution in [2.75, 3.05) is 26.2 Å². The van der Waals surface area contributed by atoms with Gasteiger partial charge in [-0.2, -0.15) is 0 Å². The monoisotopic (exact) mass is 537 g/mol. The fraction of sp³-hybridized carbons (Fsp3) is 0.500. The van der Waals surface area contributed by atoms with Gasteiger partial charge in [0.15, 0.2) is 5.96 Å². The summed E-state index contributed by atoms with van der Waals surface area (Å²) in [7, 11) is 0. The van der Waals surface area contributed by atoms with Gasteiger partial charge in [0.25, 0.3) is 0 Å². The molecule has 0 atom stereocenters. The van der Waals surface area contributed by atoms with Crippen LogP contribution in [0.3, 0.4) is 0 Å². The lowest BCUT2D eigenvalue weighted by molar-refractivity contribution is 0.206. The molecule has 0 aliphatic carbocycles. The molecule has 0 bridgehead atoms. The highest BCUT2D eigenvalue weighted by molar-refractivity contribution is 14.0. The number of ether oxygens (including phenoxy) is 1. The number of halogens is 1. The van der Waals surface area contributed by atoms with Crippen LogP contribution in [-0.4, -0.2) is 48.1 Å². The third kappa shape index (κ3) is 8.65. The maximum atomic E-state index is 5.97. The van der Waals surface area contributed by atoms with Gasteiger partial charge in [0.2, 0.25) is 5.88 Å². The topological polar surface area (TPSA) is 61.8 Å². The third-order valence-corrected chi connectivity index (χ3v) is 5.29. The predicted octanol–water partition coefficient (Wildman–Crippen LogP) is 4.21. The first kappa shape index (κ1) is 25.4. The van der Waals surface area contributed by atoms with Crippen molar-refractivity contribution in [2.24, 2.45) is 4.99 Å². The standard InChI is InChI=1S/C24H35N5O.HI/c1-3-15-29-16-12-22(13-17-29)28-24(25-4-2)27-18-21-11-8-14-26-23(21)30-19-20-9-6-5-7-10-20;/h5-11,14,22H,3-4,12-13,15-19H2,1-2H3,(H2,25,27,28);1H. The summed E-state index contributed by atoms with van der Waals surface area (Å²) in [6.45, 7) is 9.73. The Kier molecular flexibility index (Phi) is 11.7. The molecule has 2 heterocycles. The van der Waals surface area contributed by atoms with Crippen LogP contribution >= 0.6 is 24.0 Å². The molecule has 0 amide bonds. The smallest absolute Gasteiger partial charge is 0.218 e. The van der Waals surface area contributed by atoms with E-state index in [1.54, 1.807) is 6.20 Å². The third-order valence-electron chi connectivity index (χ3n) is 5.29. The molecule has 2 aromatic rings. The summed E-state index contributed by atoms with van der Waals surface area (Å²) < 4.78 is 5.97. The second-order valence-electron chi connectivity index (χ2n) is 7.70. The molecule has 0 radical (unpaired) electrons. The summed E-state index contributed by atoms with van der Waals surface area (Å²) in [5.41, 5.74) is 2.12. The first-order chi connectivity index (χ1) is 14.8. The SMILES string of the molecule is CCCN1CCC(NC(=NCc2cccnc2OCc2ccccc2)NCC)CC1.I. The number of guanidine groups is 1. The number of aromatic nitrogens is 1. The molecule has 1 saturated heterocycles. The molecule has 0 spiro atoms. The number of hydrogen-bond donors (Lipinski definition) is 2. The van der Waals surface area contributed by atoms with Gasteiger partial charge in [0.05, 0.1) is 6.54 Å². The van der Waals surface area contributed by atoms with Gasteiger partial charge in [-0.1, -0.05) is 43.3 Å². The number of piperidine rings is 1. The molecule has 3 rings (SSSR count). The molecule has 6 nitrogen and oxygen atoms in total. The number of aliphatic imine (C=N–C) groups is 1. The average molecular weight is 537 g/mol. The van der Waals surface area contributed by atoms with Crippen LogP contribution in [0.1, 0.15) is 44.2 Å². The fourth-order valence-corrected chi connectivity index (χ4v) is 3.70. The van der Waals surface area contributed by atoms with Crippen LogP contribution in [-0.2, 0) is 13.2 Å². The second kappa shape index (κ2) is 14.2. The largest absolute Gasteiger partial charge is 0.473 e. The molecular weight excluding hydrogens is 501 g/mol. The summed E-state index contributed by atoms with van der Waals surface area (Å²) in [5.74, 6) is 1.51. The maximum Gasteiger partial charge on any atom is 0.218 e. The van der Waals surface area contributed by atoms with Crippen molar-refractivity contribution in [1.82, 2.24) is 20.5 Å². The minimum Gasteiger partial charge on any atom is -0.473 e. The van der Waals surface area contributed by atoms with Crippen molar-refractivity contribution >= 4 is 29.9 Å². The number of nitrogens with one attached hydrogen (secondary N) is 2. The van der Waals surface area contributed by atoms with Crippen LogP contribution in [0, 0.1) is 0 Å². The molecule has 0 saturated carbocycles. The lowest BCUT2D eigenvalue weighted by atomic mass is 10.1. The van der Waals surface area contributed by atoms with E-state index in [4.69, 9.17) is 9.73 Å². The Balaban J connectivity index is 0.00000341. The van der Waals surface area contributed by atoms with Gasteiger partial charge < -0.3 is 20.3 Å². The van der Waals surface area contributed by atoms with Gasteiger partial charge >= 0.3 is 0 Å². The van der Waals surface area contributed by atoms with Crippen LogP contribution in [0.5, 0.6) is 5.88 Å². The van der Waals surface area contributed by atoms with Crippen LogP contribution < -0.4 is 15.4 Å².